The Balaban J connectivity index is 1.17. The predicted molar refractivity (Wildman–Crippen MR) is 143 cm³/mol. The normalized spacial score (nSPS) is 17.5. The lowest BCUT2D eigenvalue weighted by Gasteiger charge is -2.32. The highest BCUT2D eigenvalue weighted by Crippen LogP contribution is 2.36. The van der Waals surface area contributed by atoms with E-state index in [1.807, 2.05) is 4.90 Å². The van der Waals surface area contributed by atoms with Gasteiger partial charge in [0.25, 0.3) is 5.91 Å². The highest BCUT2D eigenvalue weighted by atomic mass is 19.1. The first kappa shape index (κ1) is 25.3. The molecule has 2 amide bonds. The fourth-order valence-electron chi connectivity index (χ4n) is 5.40. The van der Waals surface area contributed by atoms with Gasteiger partial charge in [-0.1, -0.05) is 12.1 Å². The number of hydrogen-bond donors (Lipinski definition) is 2. The largest absolute Gasteiger partial charge is 0.490 e. The lowest BCUT2D eigenvalue weighted by molar-refractivity contribution is -0.133. The third-order valence-electron chi connectivity index (χ3n) is 7.84. The van der Waals surface area contributed by atoms with Gasteiger partial charge in [0.15, 0.2) is 0 Å². The third-order valence-corrected chi connectivity index (χ3v) is 7.84. The van der Waals surface area contributed by atoms with Crippen LogP contribution in [0.3, 0.4) is 0 Å². The number of anilines is 1. The molecule has 0 spiro atoms. The topological polar surface area (TPSA) is 97.6 Å². The molecular weight excluding hydrogens is 502 g/mol. The number of aromatic nitrogens is 1. The molecule has 1 aromatic heterocycles. The van der Waals surface area contributed by atoms with Gasteiger partial charge in [-0.2, -0.15) is 4.39 Å². The molecule has 0 unspecified atom stereocenters. The van der Waals surface area contributed by atoms with Crippen LogP contribution >= 0.6 is 0 Å². The van der Waals surface area contributed by atoms with Crippen molar-refractivity contribution in [3.8, 4) is 28.0 Å². The first-order valence-electron chi connectivity index (χ1n) is 13.5. The summed E-state index contributed by atoms with van der Waals surface area (Å²) < 4.78 is 36.1. The summed E-state index contributed by atoms with van der Waals surface area (Å²) in [4.78, 5) is 30.2. The molecule has 1 saturated carbocycles. The molecular formula is C30H30F2N4O3. The van der Waals surface area contributed by atoms with E-state index in [2.05, 4.69) is 10.3 Å². The van der Waals surface area contributed by atoms with E-state index in [0.29, 0.717) is 60.8 Å². The van der Waals surface area contributed by atoms with E-state index in [4.69, 9.17) is 10.5 Å². The molecule has 0 bridgehead atoms. The van der Waals surface area contributed by atoms with E-state index in [1.165, 1.54) is 25.0 Å². The minimum absolute atomic E-state index is 0.0106. The number of carbonyl (C=O) groups excluding carboxylic acids is 2. The average molecular weight is 533 g/mol. The maximum absolute atomic E-state index is 15.1. The number of ether oxygens (including phenoxy) is 1. The number of amides is 2. The van der Waals surface area contributed by atoms with Crippen molar-refractivity contribution in [1.29, 1.82) is 0 Å². The van der Waals surface area contributed by atoms with Crippen molar-refractivity contribution in [1.82, 2.24) is 15.2 Å². The second-order valence-corrected chi connectivity index (χ2v) is 10.6. The van der Waals surface area contributed by atoms with Gasteiger partial charge in [0.05, 0.1) is 0 Å². The second kappa shape index (κ2) is 10.3. The van der Waals surface area contributed by atoms with Gasteiger partial charge in [-0.15, -0.1) is 0 Å². The van der Waals surface area contributed by atoms with Crippen LogP contribution in [0.15, 0.2) is 42.5 Å². The molecule has 3 aliphatic rings. The number of carbonyl (C=O) groups is 2. The van der Waals surface area contributed by atoms with Gasteiger partial charge in [-0.05, 0) is 66.6 Å². The number of piperidine rings is 1. The first-order valence-corrected chi connectivity index (χ1v) is 13.5. The predicted octanol–water partition coefficient (Wildman–Crippen LogP) is 4.73. The highest BCUT2D eigenvalue weighted by Gasteiger charge is 2.29. The summed E-state index contributed by atoms with van der Waals surface area (Å²) in [6, 6.07) is 11.3. The molecule has 1 aliphatic carbocycles. The standard InChI is InChI=1S/C30H30F2N4O3/c31-26-16-23-19(7-10-34-30(23)38)14-24(26)25-15-22(28(32)35-29(25)33)18-3-5-20(6-4-18)39-21-8-11-36(12-9-21)27(37)13-17-1-2-17/h3-6,14-17,21H,1-2,7-13H2,(H2,33,35)(H,34,38). The molecule has 202 valence electrons. The Hall–Kier alpha value is -4.01. The van der Waals surface area contributed by atoms with Gasteiger partial charge in [-0.3, -0.25) is 9.59 Å². The van der Waals surface area contributed by atoms with E-state index in [-0.39, 0.29) is 40.4 Å². The van der Waals surface area contributed by atoms with Crippen LogP contribution in [-0.4, -0.2) is 47.4 Å². The van der Waals surface area contributed by atoms with Gasteiger partial charge in [0.1, 0.15) is 23.5 Å². The Labute approximate surface area is 225 Å². The third kappa shape index (κ3) is 5.30. The minimum Gasteiger partial charge on any atom is -0.490 e. The molecule has 3 heterocycles. The van der Waals surface area contributed by atoms with Crippen molar-refractivity contribution in [2.24, 2.45) is 5.92 Å². The van der Waals surface area contributed by atoms with E-state index in [1.54, 1.807) is 30.3 Å². The first-order chi connectivity index (χ1) is 18.9. The van der Waals surface area contributed by atoms with Crippen molar-refractivity contribution < 1.29 is 23.1 Å². The van der Waals surface area contributed by atoms with Gasteiger partial charge in [-0.25, -0.2) is 9.37 Å². The molecule has 2 aromatic carbocycles. The molecule has 2 fully saturated rings. The van der Waals surface area contributed by atoms with Crippen LogP contribution < -0.4 is 15.8 Å². The zero-order valence-electron chi connectivity index (χ0n) is 21.5. The van der Waals surface area contributed by atoms with Crippen molar-refractivity contribution >= 4 is 17.6 Å². The average Bonchev–Trinajstić information content (AvgIpc) is 3.74. The van der Waals surface area contributed by atoms with Crippen LogP contribution in [0, 0.1) is 17.7 Å². The summed E-state index contributed by atoms with van der Waals surface area (Å²) in [6.45, 7) is 1.86. The van der Waals surface area contributed by atoms with Crippen LogP contribution in [0.1, 0.15) is 48.0 Å². The second-order valence-electron chi connectivity index (χ2n) is 10.6. The molecule has 2 aliphatic heterocycles. The Morgan fingerprint density at radius 3 is 2.46 bits per heavy atom. The molecule has 1 saturated heterocycles. The molecule has 9 heteroatoms. The molecule has 3 N–H and O–H groups in total. The summed E-state index contributed by atoms with van der Waals surface area (Å²) in [5.41, 5.74) is 8.19. The zero-order valence-corrected chi connectivity index (χ0v) is 21.5. The lowest BCUT2D eigenvalue weighted by atomic mass is 9.93. The monoisotopic (exact) mass is 532 g/mol. The van der Waals surface area contributed by atoms with Crippen LogP contribution in [0.2, 0.25) is 0 Å². The van der Waals surface area contributed by atoms with Crippen molar-refractivity contribution in [2.75, 3.05) is 25.4 Å². The number of nitrogens with two attached hydrogens (primary N) is 1. The van der Waals surface area contributed by atoms with Crippen LogP contribution in [0.25, 0.3) is 22.3 Å². The van der Waals surface area contributed by atoms with Gasteiger partial charge >= 0.3 is 0 Å². The smallest absolute Gasteiger partial charge is 0.251 e. The number of pyridine rings is 1. The van der Waals surface area contributed by atoms with E-state index in [0.717, 1.165) is 12.8 Å². The van der Waals surface area contributed by atoms with E-state index < -0.39 is 11.8 Å². The van der Waals surface area contributed by atoms with Crippen LogP contribution in [0.4, 0.5) is 14.6 Å². The molecule has 39 heavy (non-hydrogen) atoms. The van der Waals surface area contributed by atoms with Gasteiger partial charge < -0.3 is 20.7 Å². The number of nitrogens with one attached hydrogen (secondary N) is 1. The number of fused-ring (bicyclic) bond motifs is 1. The number of nitrogen functional groups attached to an aromatic ring is 1. The number of rotatable bonds is 6. The number of hydrogen-bond acceptors (Lipinski definition) is 5. The number of nitrogens with zero attached hydrogens (tertiary/aromatic N) is 2. The summed E-state index contributed by atoms with van der Waals surface area (Å²) >= 11 is 0. The molecule has 6 rings (SSSR count). The van der Waals surface area contributed by atoms with Gasteiger partial charge in [0.2, 0.25) is 11.9 Å². The van der Waals surface area contributed by atoms with Crippen LogP contribution in [-0.2, 0) is 11.2 Å². The minimum atomic E-state index is -0.758. The summed E-state index contributed by atoms with van der Waals surface area (Å²) in [6.07, 6.45) is 5.12. The van der Waals surface area contributed by atoms with Crippen LogP contribution in [0.5, 0.6) is 5.75 Å². The van der Waals surface area contributed by atoms with Gasteiger partial charge in [0, 0.05) is 61.2 Å². The molecule has 3 aromatic rings. The quantitative estimate of drug-likeness (QED) is 0.448. The fraction of sp³-hybridized carbons (Fsp3) is 0.367. The Morgan fingerprint density at radius 2 is 1.74 bits per heavy atom. The zero-order chi connectivity index (χ0) is 27.1. The lowest BCUT2D eigenvalue weighted by Crippen LogP contribution is -2.41. The van der Waals surface area contributed by atoms with Crippen molar-refractivity contribution in [3.63, 3.8) is 0 Å². The Bertz CT molecular complexity index is 1430. The summed E-state index contributed by atoms with van der Waals surface area (Å²) in [5, 5.41) is 2.70. The molecule has 0 atom stereocenters. The highest BCUT2D eigenvalue weighted by molar-refractivity contribution is 5.97. The number of halogens is 2. The van der Waals surface area contributed by atoms with Crippen molar-refractivity contribution in [2.45, 2.75) is 44.6 Å². The summed E-state index contributed by atoms with van der Waals surface area (Å²) in [5.74, 6) is -0.335. The maximum atomic E-state index is 15.1. The molecule has 7 nitrogen and oxygen atoms in total. The van der Waals surface area contributed by atoms with Crippen molar-refractivity contribution in [3.05, 3.63) is 65.4 Å². The Morgan fingerprint density at radius 1 is 1.00 bits per heavy atom. The summed E-state index contributed by atoms with van der Waals surface area (Å²) in [7, 11) is 0. The van der Waals surface area contributed by atoms with E-state index in [9.17, 15) is 14.0 Å². The number of benzene rings is 2. The number of likely N-dealkylation sites (tertiary alicyclic amines) is 1. The fourth-order valence-corrected chi connectivity index (χ4v) is 5.40. The van der Waals surface area contributed by atoms with E-state index >= 15 is 4.39 Å². The Kier molecular flexibility index (Phi) is 6.66. The molecule has 0 radical (unpaired) electrons. The maximum Gasteiger partial charge on any atom is 0.251 e. The SMILES string of the molecule is Nc1nc(F)c(-c2ccc(OC3CCN(C(=O)CC4CC4)CC3)cc2)cc1-c1cc2c(cc1F)C(=O)NCC2.